The van der Waals surface area contributed by atoms with Crippen molar-refractivity contribution in [2.75, 3.05) is 19.0 Å². The maximum atomic E-state index is 11.9. The number of carbonyl (C=O) groups is 2. The Morgan fingerprint density at radius 2 is 1.29 bits per heavy atom. The molecule has 0 aliphatic heterocycles. The Balaban J connectivity index is 0.000000261. The second-order valence-electron chi connectivity index (χ2n) is 6.14. The van der Waals surface area contributed by atoms with Gasteiger partial charge in [0.05, 0.1) is 11.1 Å². The summed E-state index contributed by atoms with van der Waals surface area (Å²) in [5, 5.41) is 8.99. The van der Waals surface area contributed by atoms with Gasteiger partial charge in [-0.15, -0.1) is 0 Å². The molecule has 0 saturated carbocycles. The van der Waals surface area contributed by atoms with Crippen LogP contribution in [0.15, 0.2) is 84.9 Å². The van der Waals surface area contributed by atoms with Gasteiger partial charge in [-0.1, -0.05) is 60.7 Å². The topological polar surface area (TPSA) is 66.8 Å². The Hall–Kier alpha value is -3.60. The van der Waals surface area contributed by atoms with Gasteiger partial charge < -0.3 is 14.7 Å². The van der Waals surface area contributed by atoms with Crippen molar-refractivity contribution >= 4 is 17.6 Å². The summed E-state index contributed by atoms with van der Waals surface area (Å²) in [5.41, 5.74) is 2.10. The Kier molecular flexibility index (Phi) is 7.78. The van der Waals surface area contributed by atoms with Gasteiger partial charge in [0.2, 0.25) is 0 Å². The van der Waals surface area contributed by atoms with Crippen LogP contribution in [0.25, 0.3) is 0 Å². The highest BCUT2D eigenvalue weighted by molar-refractivity contribution is 6.02. The standard InChI is InChI=1S/C15H12O4.C8H11N/c16-14(17)12-8-4-5-9-13(12)15(18)19-10-11-6-2-1-3-7-11;1-9(2)8-6-4-3-5-7-8/h1-9H,10H2,(H,16,17);3-7H,1-2H3. The van der Waals surface area contributed by atoms with Crippen molar-refractivity contribution in [3.05, 3.63) is 102 Å². The van der Waals surface area contributed by atoms with Gasteiger partial charge in [0.25, 0.3) is 0 Å². The Bertz CT molecular complexity index is 893. The number of benzene rings is 3. The fourth-order valence-electron chi connectivity index (χ4n) is 2.37. The van der Waals surface area contributed by atoms with Crippen molar-refractivity contribution in [2.45, 2.75) is 6.61 Å². The van der Waals surface area contributed by atoms with Crippen LogP contribution in [0.2, 0.25) is 0 Å². The lowest BCUT2D eigenvalue weighted by molar-refractivity contribution is 0.0463. The highest BCUT2D eigenvalue weighted by atomic mass is 16.5. The fraction of sp³-hybridized carbons (Fsp3) is 0.130. The third-order valence-corrected chi connectivity index (χ3v) is 3.86. The van der Waals surface area contributed by atoms with E-state index in [9.17, 15) is 9.59 Å². The maximum Gasteiger partial charge on any atom is 0.339 e. The number of anilines is 1. The summed E-state index contributed by atoms with van der Waals surface area (Å²) < 4.78 is 5.10. The summed E-state index contributed by atoms with van der Waals surface area (Å²) in [6, 6.07) is 25.5. The summed E-state index contributed by atoms with van der Waals surface area (Å²) in [6.45, 7) is 0.119. The molecule has 0 aliphatic carbocycles. The number of para-hydroxylation sites is 1. The fourth-order valence-corrected chi connectivity index (χ4v) is 2.37. The van der Waals surface area contributed by atoms with Gasteiger partial charge in [0.15, 0.2) is 0 Å². The van der Waals surface area contributed by atoms with E-state index in [1.807, 2.05) is 62.6 Å². The van der Waals surface area contributed by atoms with Crippen molar-refractivity contribution in [3.8, 4) is 0 Å². The lowest BCUT2D eigenvalue weighted by atomic mass is 10.1. The van der Waals surface area contributed by atoms with Crippen LogP contribution in [0.3, 0.4) is 0 Å². The summed E-state index contributed by atoms with van der Waals surface area (Å²) in [5.74, 6) is -1.78. The van der Waals surface area contributed by atoms with E-state index in [1.54, 1.807) is 12.1 Å². The van der Waals surface area contributed by atoms with E-state index in [4.69, 9.17) is 9.84 Å². The van der Waals surface area contributed by atoms with Gasteiger partial charge in [-0.2, -0.15) is 0 Å². The largest absolute Gasteiger partial charge is 0.478 e. The molecule has 0 atom stereocenters. The third kappa shape index (κ3) is 6.29. The van der Waals surface area contributed by atoms with Crippen LogP contribution in [0.4, 0.5) is 5.69 Å². The Morgan fingerprint density at radius 1 is 0.786 bits per heavy atom. The zero-order valence-electron chi connectivity index (χ0n) is 15.9. The van der Waals surface area contributed by atoms with Crippen molar-refractivity contribution in [2.24, 2.45) is 0 Å². The van der Waals surface area contributed by atoms with Crippen LogP contribution in [-0.4, -0.2) is 31.1 Å². The number of nitrogens with zero attached hydrogens (tertiary/aromatic N) is 1. The lowest BCUT2D eigenvalue weighted by Crippen LogP contribution is -2.11. The summed E-state index contributed by atoms with van der Waals surface area (Å²) in [7, 11) is 4.07. The Morgan fingerprint density at radius 3 is 1.79 bits per heavy atom. The van der Waals surface area contributed by atoms with Crippen LogP contribution in [0, 0.1) is 0 Å². The molecule has 5 heteroatoms. The predicted molar refractivity (Wildman–Crippen MR) is 110 cm³/mol. The molecule has 0 aliphatic rings. The molecule has 3 aromatic carbocycles. The average molecular weight is 377 g/mol. The smallest absolute Gasteiger partial charge is 0.339 e. The summed E-state index contributed by atoms with van der Waals surface area (Å²) in [6.07, 6.45) is 0. The molecule has 144 valence electrons. The number of hydrogen-bond acceptors (Lipinski definition) is 4. The second-order valence-corrected chi connectivity index (χ2v) is 6.14. The van der Waals surface area contributed by atoms with E-state index in [0.29, 0.717) is 0 Å². The van der Waals surface area contributed by atoms with Crippen LogP contribution < -0.4 is 4.90 Å². The van der Waals surface area contributed by atoms with Gasteiger partial charge in [-0.25, -0.2) is 9.59 Å². The molecular formula is C23H23NO4. The first-order valence-corrected chi connectivity index (χ1v) is 8.74. The SMILES string of the molecule is CN(C)c1ccccc1.O=C(O)c1ccccc1C(=O)OCc1ccccc1. The normalized spacial score (nSPS) is 9.64. The van der Waals surface area contributed by atoms with Gasteiger partial charge >= 0.3 is 11.9 Å². The molecule has 0 bridgehead atoms. The summed E-state index contributed by atoms with van der Waals surface area (Å²) >= 11 is 0. The molecule has 0 saturated heterocycles. The Labute approximate surface area is 164 Å². The van der Waals surface area contributed by atoms with Gasteiger partial charge in [0.1, 0.15) is 6.61 Å². The molecule has 28 heavy (non-hydrogen) atoms. The van der Waals surface area contributed by atoms with E-state index >= 15 is 0 Å². The van der Waals surface area contributed by atoms with E-state index in [1.165, 1.54) is 17.8 Å². The monoisotopic (exact) mass is 377 g/mol. The molecule has 0 heterocycles. The molecule has 3 aromatic rings. The van der Waals surface area contributed by atoms with Crippen molar-refractivity contribution in [1.29, 1.82) is 0 Å². The highest BCUT2D eigenvalue weighted by Crippen LogP contribution is 2.12. The number of esters is 1. The van der Waals surface area contributed by atoms with Gasteiger partial charge in [-0.3, -0.25) is 0 Å². The highest BCUT2D eigenvalue weighted by Gasteiger charge is 2.16. The second kappa shape index (κ2) is 10.5. The molecule has 0 spiro atoms. The minimum atomic E-state index is -1.15. The number of ether oxygens (including phenoxy) is 1. The molecule has 0 radical (unpaired) electrons. The molecule has 0 unspecified atom stereocenters. The van der Waals surface area contributed by atoms with Crippen LogP contribution in [-0.2, 0) is 11.3 Å². The minimum absolute atomic E-state index is 0.0550. The average Bonchev–Trinajstić information content (AvgIpc) is 2.74. The molecule has 1 N–H and O–H groups in total. The predicted octanol–water partition coefficient (Wildman–Crippen LogP) is 4.49. The van der Waals surface area contributed by atoms with Crippen LogP contribution in [0.1, 0.15) is 26.3 Å². The maximum absolute atomic E-state index is 11.9. The quantitative estimate of drug-likeness (QED) is 0.664. The molecule has 0 aromatic heterocycles. The van der Waals surface area contributed by atoms with Crippen LogP contribution in [0.5, 0.6) is 0 Å². The zero-order valence-corrected chi connectivity index (χ0v) is 15.9. The lowest BCUT2D eigenvalue weighted by Gasteiger charge is -2.10. The summed E-state index contributed by atoms with van der Waals surface area (Å²) in [4.78, 5) is 24.9. The number of carboxylic acid groups (broad SMARTS) is 1. The van der Waals surface area contributed by atoms with Crippen molar-refractivity contribution < 1.29 is 19.4 Å². The molecule has 0 fully saturated rings. The number of rotatable bonds is 5. The molecule has 0 amide bonds. The first-order chi connectivity index (χ1) is 13.5. The van der Waals surface area contributed by atoms with Crippen molar-refractivity contribution in [1.82, 2.24) is 0 Å². The van der Waals surface area contributed by atoms with Gasteiger partial charge in [0, 0.05) is 19.8 Å². The first-order valence-electron chi connectivity index (χ1n) is 8.74. The molecule has 5 nitrogen and oxygen atoms in total. The number of carboxylic acids is 1. The number of aromatic carboxylic acids is 1. The van der Waals surface area contributed by atoms with E-state index in [-0.39, 0.29) is 17.7 Å². The van der Waals surface area contributed by atoms with E-state index in [2.05, 4.69) is 17.0 Å². The first kappa shape index (κ1) is 20.7. The van der Waals surface area contributed by atoms with Crippen LogP contribution >= 0.6 is 0 Å². The van der Waals surface area contributed by atoms with E-state index in [0.717, 1.165) is 5.56 Å². The van der Waals surface area contributed by atoms with Crippen molar-refractivity contribution in [3.63, 3.8) is 0 Å². The number of hydrogen-bond donors (Lipinski definition) is 1. The third-order valence-electron chi connectivity index (χ3n) is 3.86. The minimum Gasteiger partial charge on any atom is -0.478 e. The van der Waals surface area contributed by atoms with Gasteiger partial charge in [-0.05, 0) is 29.8 Å². The molecular weight excluding hydrogens is 354 g/mol. The number of carbonyl (C=O) groups excluding carboxylic acids is 1. The molecule has 3 rings (SSSR count). The zero-order chi connectivity index (χ0) is 20.4. The van der Waals surface area contributed by atoms with E-state index < -0.39 is 11.9 Å².